The van der Waals surface area contributed by atoms with Crippen molar-refractivity contribution >= 4 is 40.0 Å². The molecule has 164 valence electrons. The number of aliphatic imine (C=N–C) groups is 1. The van der Waals surface area contributed by atoms with E-state index >= 15 is 0 Å². The molecule has 2 aromatic rings. The molecular weight excluding hydrogens is 517 g/mol. The zero-order chi connectivity index (χ0) is 20.3. The molecular formula is C20H28IN5O3S. The number of hydrogen-bond donors (Lipinski definition) is 1. The zero-order valence-corrected chi connectivity index (χ0v) is 20.2. The minimum atomic E-state index is -3.40. The maximum absolute atomic E-state index is 12.6. The molecule has 30 heavy (non-hydrogen) atoms. The van der Waals surface area contributed by atoms with E-state index in [0.29, 0.717) is 37.8 Å². The van der Waals surface area contributed by atoms with Crippen LogP contribution in [-0.4, -0.2) is 68.0 Å². The van der Waals surface area contributed by atoms with Gasteiger partial charge in [0.25, 0.3) is 0 Å². The number of rotatable bonds is 6. The highest BCUT2D eigenvalue weighted by atomic mass is 127. The summed E-state index contributed by atoms with van der Waals surface area (Å²) in [4.78, 5) is 7.00. The number of halogens is 1. The van der Waals surface area contributed by atoms with Gasteiger partial charge in [0.15, 0.2) is 5.96 Å². The summed E-state index contributed by atoms with van der Waals surface area (Å²) >= 11 is 0. The second kappa shape index (κ2) is 10.1. The van der Waals surface area contributed by atoms with Gasteiger partial charge in [-0.1, -0.05) is 29.4 Å². The normalized spacial score (nSPS) is 19.6. The van der Waals surface area contributed by atoms with Crippen LogP contribution in [0.2, 0.25) is 0 Å². The van der Waals surface area contributed by atoms with E-state index in [2.05, 4.69) is 39.6 Å². The van der Waals surface area contributed by atoms with E-state index < -0.39 is 10.0 Å². The van der Waals surface area contributed by atoms with Crippen LogP contribution in [0.5, 0.6) is 0 Å². The van der Waals surface area contributed by atoms with E-state index in [1.807, 2.05) is 6.92 Å². The molecule has 1 aromatic heterocycles. The lowest BCUT2D eigenvalue weighted by molar-refractivity contribution is 0.259. The van der Waals surface area contributed by atoms with Crippen molar-refractivity contribution in [3.05, 3.63) is 53.4 Å². The Labute approximate surface area is 194 Å². The Morgan fingerprint density at radius 2 is 2.00 bits per heavy atom. The summed E-state index contributed by atoms with van der Waals surface area (Å²) in [5, 5.41) is 7.07. The molecule has 1 aliphatic heterocycles. The molecule has 2 heterocycles. The van der Waals surface area contributed by atoms with Gasteiger partial charge >= 0.3 is 0 Å². The van der Waals surface area contributed by atoms with Gasteiger partial charge in [-0.3, -0.25) is 4.99 Å². The van der Waals surface area contributed by atoms with E-state index in [1.54, 1.807) is 6.07 Å². The molecule has 0 radical (unpaired) electrons. The zero-order valence-electron chi connectivity index (χ0n) is 17.0. The van der Waals surface area contributed by atoms with Gasteiger partial charge in [0.05, 0.1) is 5.69 Å². The predicted molar refractivity (Wildman–Crippen MR) is 127 cm³/mol. The SMILES string of the molecule is CCNC(=NCC1Cc2ccccc21)N1CCN(S(=O)(=O)Cc2ccon2)CC1.I. The van der Waals surface area contributed by atoms with E-state index in [0.717, 1.165) is 25.5 Å². The first-order chi connectivity index (χ1) is 14.1. The fourth-order valence-electron chi connectivity index (χ4n) is 3.92. The Morgan fingerprint density at radius 1 is 1.23 bits per heavy atom. The molecule has 0 spiro atoms. The van der Waals surface area contributed by atoms with Gasteiger partial charge in [-0.2, -0.15) is 4.31 Å². The number of nitrogens with zero attached hydrogens (tertiary/aromatic N) is 4. The van der Waals surface area contributed by atoms with Gasteiger partial charge in [-0.15, -0.1) is 24.0 Å². The quantitative estimate of drug-likeness (QED) is 0.340. The predicted octanol–water partition coefficient (Wildman–Crippen LogP) is 2.05. The van der Waals surface area contributed by atoms with Crippen LogP contribution in [0.3, 0.4) is 0 Å². The molecule has 10 heteroatoms. The first-order valence-corrected chi connectivity index (χ1v) is 11.7. The van der Waals surface area contributed by atoms with Crippen LogP contribution in [-0.2, 0) is 22.2 Å². The van der Waals surface area contributed by atoms with Gasteiger partial charge in [0, 0.05) is 51.3 Å². The number of benzene rings is 1. The fourth-order valence-corrected chi connectivity index (χ4v) is 5.34. The molecule has 1 fully saturated rings. The van der Waals surface area contributed by atoms with Gasteiger partial charge in [0.1, 0.15) is 12.0 Å². The average molecular weight is 545 g/mol. The third-order valence-corrected chi connectivity index (χ3v) is 7.32. The summed E-state index contributed by atoms with van der Waals surface area (Å²) < 4.78 is 31.5. The lowest BCUT2D eigenvalue weighted by atomic mass is 9.78. The van der Waals surface area contributed by atoms with Crippen molar-refractivity contribution in [1.29, 1.82) is 0 Å². The third kappa shape index (κ3) is 5.14. The molecule has 2 aliphatic rings. The Bertz CT molecular complexity index is 957. The van der Waals surface area contributed by atoms with Crippen molar-refractivity contribution in [3.8, 4) is 0 Å². The van der Waals surface area contributed by atoms with E-state index in [-0.39, 0.29) is 29.7 Å². The van der Waals surface area contributed by atoms with Gasteiger partial charge in [0.2, 0.25) is 10.0 Å². The van der Waals surface area contributed by atoms with Gasteiger partial charge in [-0.25, -0.2) is 8.42 Å². The molecule has 1 aromatic carbocycles. The number of hydrogen-bond acceptors (Lipinski definition) is 5. The fraction of sp³-hybridized carbons (Fsp3) is 0.500. The molecule has 4 rings (SSSR count). The minimum absolute atomic E-state index is 0. The number of sulfonamides is 1. The van der Waals surface area contributed by atoms with Crippen LogP contribution < -0.4 is 5.32 Å². The molecule has 0 bridgehead atoms. The van der Waals surface area contributed by atoms with Crippen LogP contribution in [0.1, 0.15) is 29.7 Å². The number of piperazine rings is 1. The first-order valence-electron chi connectivity index (χ1n) is 10.0. The van der Waals surface area contributed by atoms with Crippen molar-refractivity contribution in [1.82, 2.24) is 19.7 Å². The van der Waals surface area contributed by atoms with Gasteiger partial charge in [-0.05, 0) is 24.5 Å². The van der Waals surface area contributed by atoms with Gasteiger partial charge < -0.3 is 14.7 Å². The van der Waals surface area contributed by atoms with Crippen molar-refractivity contribution in [2.45, 2.75) is 25.0 Å². The average Bonchev–Trinajstić information content (AvgIpc) is 3.20. The second-order valence-electron chi connectivity index (χ2n) is 7.43. The maximum atomic E-state index is 12.6. The lowest BCUT2D eigenvalue weighted by Gasteiger charge is -2.36. The summed E-state index contributed by atoms with van der Waals surface area (Å²) in [6.07, 6.45) is 2.47. The summed E-state index contributed by atoms with van der Waals surface area (Å²) in [6, 6.07) is 10.1. The highest BCUT2D eigenvalue weighted by molar-refractivity contribution is 14.0. The third-order valence-electron chi connectivity index (χ3n) is 5.51. The Morgan fingerprint density at radius 3 is 2.67 bits per heavy atom. The topological polar surface area (TPSA) is 91.0 Å². The molecule has 1 saturated heterocycles. The minimum Gasteiger partial charge on any atom is -0.364 e. The van der Waals surface area contributed by atoms with Crippen molar-refractivity contribution < 1.29 is 12.9 Å². The molecule has 0 amide bonds. The largest absolute Gasteiger partial charge is 0.364 e. The summed E-state index contributed by atoms with van der Waals surface area (Å²) in [5.74, 6) is 1.22. The molecule has 0 saturated carbocycles. The van der Waals surface area contributed by atoms with Crippen LogP contribution in [0.4, 0.5) is 0 Å². The van der Waals surface area contributed by atoms with E-state index in [4.69, 9.17) is 9.52 Å². The van der Waals surface area contributed by atoms with Crippen molar-refractivity contribution in [2.24, 2.45) is 4.99 Å². The summed E-state index contributed by atoms with van der Waals surface area (Å²) in [7, 11) is -3.40. The van der Waals surface area contributed by atoms with Crippen LogP contribution in [0.25, 0.3) is 0 Å². The molecule has 1 N–H and O–H groups in total. The highest BCUT2D eigenvalue weighted by Crippen LogP contribution is 2.34. The van der Waals surface area contributed by atoms with Crippen molar-refractivity contribution in [2.75, 3.05) is 39.3 Å². The van der Waals surface area contributed by atoms with E-state index in [1.165, 1.54) is 21.7 Å². The molecule has 1 unspecified atom stereocenters. The molecule has 8 nitrogen and oxygen atoms in total. The summed E-state index contributed by atoms with van der Waals surface area (Å²) in [6.45, 7) is 5.70. The van der Waals surface area contributed by atoms with Crippen LogP contribution >= 0.6 is 24.0 Å². The highest BCUT2D eigenvalue weighted by Gasteiger charge is 2.30. The van der Waals surface area contributed by atoms with Crippen LogP contribution in [0.15, 0.2) is 46.1 Å². The second-order valence-corrected chi connectivity index (χ2v) is 9.40. The number of nitrogens with one attached hydrogen (secondary N) is 1. The van der Waals surface area contributed by atoms with E-state index in [9.17, 15) is 8.42 Å². The molecule has 1 atom stereocenters. The maximum Gasteiger partial charge on any atom is 0.220 e. The monoisotopic (exact) mass is 545 g/mol. The standard InChI is InChI=1S/C20H27N5O3S.HI/c1-2-21-20(22-14-17-13-16-5-3-4-6-19(16)17)24-8-10-25(11-9-24)29(26,27)15-18-7-12-28-23-18;/h3-7,12,17H,2,8-11,13-15H2,1H3,(H,21,22);1H. The smallest absolute Gasteiger partial charge is 0.220 e. The number of aromatic nitrogens is 1. The van der Waals surface area contributed by atoms with Crippen molar-refractivity contribution in [3.63, 3.8) is 0 Å². The van der Waals surface area contributed by atoms with Crippen LogP contribution in [0, 0.1) is 0 Å². The summed E-state index contributed by atoms with van der Waals surface area (Å²) in [5.41, 5.74) is 3.25. The lowest BCUT2D eigenvalue weighted by Crippen LogP contribution is -2.54. The number of fused-ring (bicyclic) bond motifs is 1. The molecule has 1 aliphatic carbocycles. The first kappa shape index (κ1) is 23.0. The number of guanidine groups is 1. The Balaban J connectivity index is 0.00000256. The Hall–Kier alpha value is -1.66. The Kier molecular flexibility index (Phi) is 7.75.